The highest BCUT2D eigenvalue weighted by atomic mass is 35.5. The number of amides is 1. The number of halogens is 1. The van der Waals surface area contributed by atoms with Crippen molar-refractivity contribution >= 4 is 18.3 Å². The first-order chi connectivity index (χ1) is 11.4. The number of hydrogen-bond acceptors (Lipinski definition) is 5. The Kier molecular flexibility index (Phi) is 7.83. The predicted octanol–water partition coefficient (Wildman–Crippen LogP) is 2.64. The largest absolute Gasteiger partial charge is 0.496 e. The Hall–Kier alpha value is -1.66. The van der Waals surface area contributed by atoms with E-state index in [2.05, 4.69) is 24.5 Å². The number of rotatable bonds is 6. The van der Waals surface area contributed by atoms with E-state index in [1.165, 1.54) is 13.5 Å². The molecule has 1 aromatic carbocycles. The monoisotopic (exact) mass is 372 g/mol. The molecule has 0 aromatic heterocycles. The smallest absolute Gasteiger partial charge is 0.255 e. The Morgan fingerprint density at radius 1 is 1.16 bits per heavy atom. The van der Waals surface area contributed by atoms with E-state index >= 15 is 0 Å². The molecule has 1 aliphatic heterocycles. The van der Waals surface area contributed by atoms with Gasteiger partial charge in [-0.3, -0.25) is 4.79 Å². The van der Waals surface area contributed by atoms with E-state index in [0.29, 0.717) is 29.4 Å². The molecule has 25 heavy (non-hydrogen) atoms. The molecule has 6 nitrogen and oxygen atoms in total. The summed E-state index contributed by atoms with van der Waals surface area (Å²) in [5.74, 6) is 1.30. The minimum absolute atomic E-state index is 0. The van der Waals surface area contributed by atoms with E-state index in [9.17, 15) is 4.79 Å². The van der Waals surface area contributed by atoms with E-state index < -0.39 is 0 Å². The molecule has 0 spiro atoms. The van der Waals surface area contributed by atoms with Crippen molar-refractivity contribution in [3.05, 3.63) is 17.7 Å². The molecule has 1 unspecified atom stereocenters. The first-order valence-corrected chi connectivity index (χ1v) is 8.24. The summed E-state index contributed by atoms with van der Waals surface area (Å²) >= 11 is 0. The Balaban J connectivity index is 0.00000312. The predicted molar refractivity (Wildman–Crippen MR) is 100 cm³/mol. The lowest BCUT2D eigenvalue weighted by Gasteiger charge is -2.39. The third-order valence-corrected chi connectivity index (χ3v) is 4.75. The normalized spacial score (nSPS) is 18.7. The average molecular weight is 373 g/mol. The fraction of sp³-hybridized carbons (Fsp3) is 0.611. The summed E-state index contributed by atoms with van der Waals surface area (Å²) in [4.78, 5) is 12.6. The van der Waals surface area contributed by atoms with Crippen LogP contribution < -0.4 is 24.8 Å². The number of benzene rings is 1. The van der Waals surface area contributed by atoms with E-state index in [4.69, 9.17) is 14.2 Å². The summed E-state index contributed by atoms with van der Waals surface area (Å²) in [6.45, 7) is 6.02. The first kappa shape index (κ1) is 21.4. The van der Waals surface area contributed by atoms with Gasteiger partial charge in [-0.2, -0.15) is 0 Å². The minimum Gasteiger partial charge on any atom is -0.496 e. The molecule has 0 saturated carbocycles. The Bertz CT molecular complexity index is 593. The second-order valence-corrected chi connectivity index (χ2v) is 6.72. The molecule has 1 heterocycles. The van der Waals surface area contributed by atoms with Crippen LogP contribution in [0.5, 0.6) is 17.2 Å². The maximum Gasteiger partial charge on any atom is 0.255 e. The molecule has 142 valence electrons. The van der Waals surface area contributed by atoms with Gasteiger partial charge in [0.15, 0.2) is 11.5 Å². The van der Waals surface area contributed by atoms with E-state index in [1.807, 2.05) is 0 Å². The van der Waals surface area contributed by atoms with Crippen molar-refractivity contribution in [2.75, 3.05) is 34.4 Å². The molecule has 1 saturated heterocycles. The summed E-state index contributed by atoms with van der Waals surface area (Å²) in [6.07, 6.45) is 2.32. The van der Waals surface area contributed by atoms with Crippen LogP contribution in [0.4, 0.5) is 0 Å². The standard InChI is InChI=1S/C18H28N2O4.ClH/c1-18(2)7-6-8-19-16(18)11-20-17(21)12-9-14(23-4)15(24-5)10-13(12)22-3;/h9-10,16,19H,6-8,11H2,1-5H3,(H,20,21);1H. The molecule has 1 aliphatic rings. The summed E-state index contributed by atoms with van der Waals surface area (Å²) in [7, 11) is 4.62. The lowest BCUT2D eigenvalue weighted by Crippen LogP contribution is -2.52. The molecule has 0 bridgehead atoms. The summed E-state index contributed by atoms with van der Waals surface area (Å²) in [6, 6.07) is 3.56. The van der Waals surface area contributed by atoms with E-state index in [-0.39, 0.29) is 29.8 Å². The van der Waals surface area contributed by atoms with Crippen LogP contribution in [0.15, 0.2) is 12.1 Å². The van der Waals surface area contributed by atoms with Crippen molar-refractivity contribution in [3.8, 4) is 17.2 Å². The van der Waals surface area contributed by atoms with Gasteiger partial charge in [-0.15, -0.1) is 12.4 Å². The van der Waals surface area contributed by atoms with Crippen molar-refractivity contribution in [1.29, 1.82) is 0 Å². The zero-order valence-corrected chi connectivity index (χ0v) is 16.4. The zero-order valence-electron chi connectivity index (χ0n) is 15.6. The van der Waals surface area contributed by atoms with Gasteiger partial charge >= 0.3 is 0 Å². The molecule has 1 aromatic rings. The van der Waals surface area contributed by atoms with E-state index in [1.54, 1.807) is 26.4 Å². The SMILES string of the molecule is COc1cc(OC)c(C(=O)NCC2NCCCC2(C)C)cc1OC.Cl. The Labute approximate surface area is 156 Å². The van der Waals surface area contributed by atoms with Crippen LogP contribution in [-0.2, 0) is 0 Å². The molecule has 2 rings (SSSR count). The van der Waals surface area contributed by atoms with Gasteiger partial charge in [0.1, 0.15) is 5.75 Å². The van der Waals surface area contributed by atoms with Crippen LogP contribution in [0, 0.1) is 5.41 Å². The second-order valence-electron chi connectivity index (χ2n) is 6.72. The molecule has 0 radical (unpaired) electrons. The van der Waals surface area contributed by atoms with Crippen molar-refractivity contribution < 1.29 is 19.0 Å². The third kappa shape index (κ3) is 4.92. The highest BCUT2D eigenvalue weighted by Gasteiger charge is 2.32. The number of carbonyl (C=O) groups is 1. The van der Waals surface area contributed by atoms with Gasteiger partial charge < -0.3 is 24.8 Å². The van der Waals surface area contributed by atoms with Crippen LogP contribution in [0.25, 0.3) is 0 Å². The second kappa shape index (κ2) is 9.15. The fourth-order valence-electron chi connectivity index (χ4n) is 3.12. The van der Waals surface area contributed by atoms with Gasteiger partial charge in [-0.1, -0.05) is 13.8 Å². The maximum absolute atomic E-state index is 12.6. The van der Waals surface area contributed by atoms with Gasteiger partial charge in [-0.25, -0.2) is 0 Å². The Morgan fingerprint density at radius 2 is 1.76 bits per heavy atom. The molecule has 1 amide bonds. The van der Waals surface area contributed by atoms with Crippen molar-refractivity contribution in [1.82, 2.24) is 10.6 Å². The maximum atomic E-state index is 12.6. The number of methoxy groups -OCH3 is 3. The van der Waals surface area contributed by atoms with Crippen LogP contribution in [0.1, 0.15) is 37.0 Å². The highest BCUT2D eigenvalue weighted by molar-refractivity contribution is 5.97. The fourth-order valence-corrected chi connectivity index (χ4v) is 3.12. The summed E-state index contributed by atoms with van der Waals surface area (Å²) < 4.78 is 15.9. The number of hydrogen-bond donors (Lipinski definition) is 2. The highest BCUT2D eigenvalue weighted by Crippen LogP contribution is 2.35. The van der Waals surface area contributed by atoms with Gasteiger partial charge in [0.05, 0.1) is 26.9 Å². The topological polar surface area (TPSA) is 68.8 Å². The molecule has 1 fully saturated rings. The molecule has 2 N–H and O–H groups in total. The first-order valence-electron chi connectivity index (χ1n) is 8.24. The molecular weight excluding hydrogens is 344 g/mol. The van der Waals surface area contributed by atoms with Crippen LogP contribution in [0.2, 0.25) is 0 Å². The number of piperidine rings is 1. The summed E-state index contributed by atoms with van der Waals surface area (Å²) in [5.41, 5.74) is 0.594. The van der Waals surface area contributed by atoms with Gasteiger partial charge in [0.25, 0.3) is 5.91 Å². The average Bonchev–Trinajstić information content (AvgIpc) is 2.58. The Morgan fingerprint density at radius 3 is 2.32 bits per heavy atom. The molecule has 1 atom stereocenters. The van der Waals surface area contributed by atoms with Gasteiger partial charge in [0.2, 0.25) is 0 Å². The summed E-state index contributed by atoms with van der Waals surface area (Å²) in [5, 5.41) is 6.50. The number of ether oxygens (including phenoxy) is 3. The van der Waals surface area contributed by atoms with Crippen molar-refractivity contribution in [2.45, 2.75) is 32.7 Å². The zero-order chi connectivity index (χ0) is 17.7. The third-order valence-electron chi connectivity index (χ3n) is 4.75. The molecular formula is C18H29ClN2O4. The van der Waals surface area contributed by atoms with Crippen LogP contribution >= 0.6 is 12.4 Å². The van der Waals surface area contributed by atoms with Crippen molar-refractivity contribution in [2.24, 2.45) is 5.41 Å². The quantitative estimate of drug-likeness (QED) is 0.803. The van der Waals surface area contributed by atoms with Crippen LogP contribution in [0.3, 0.4) is 0 Å². The lowest BCUT2D eigenvalue weighted by atomic mass is 9.77. The minimum atomic E-state index is -0.184. The van der Waals surface area contributed by atoms with Gasteiger partial charge in [0, 0.05) is 24.7 Å². The molecule has 0 aliphatic carbocycles. The molecule has 7 heteroatoms. The van der Waals surface area contributed by atoms with Crippen molar-refractivity contribution in [3.63, 3.8) is 0 Å². The lowest BCUT2D eigenvalue weighted by molar-refractivity contribution is 0.0925. The number of nitrogens with one attached hydrogen (secondary N) is 2. The van der Waals surface area contributed by atoms with E-state index in [0.717, 1.165) is 13.0 Å². The number of carbonyl (C=O) groups excluding carboxylic acids is 1. The van der Waals surface area contributed by atoms with Crippen LogP contribution in [-0.4, -0.2) is 46.4 Å². The van der Waals surface area contributed by atoms with Gasteiger partial charge in [-0.05, 0) is 24.8 Å².